The van der Waals surface area contributed by atoms with E-state index in [-0.39, 0.29) is 17.6 Å². The van der Waals surface area contributed by atoms with E-state index in [4.69, 9.17) is 0 Å². The second-order valence-corrected chi connectivity index (χ2v) is 5.16. The third kappa shape index (κ3) is 3.55. The second-order valence-electron chi connectivity index (χ2n) is 4.84. The number of benzene rings is 1. The number of thiol groups is 1. The number of hydrogen-bond acceptors (Lipinski definition) is 4. The van der Waals surface area contributed by atoms with Crippen LogP contribution in [0.1, 0.15) is 18.1 Å². The van der Waals surface area contributed by atoms with Crippen molar-refractivity contribution in [1.82, 2.24) is 15.8 Å². The Balaban J connectivity index is 2.22. The van der Waals surface area contributed by atoms with Crippen molar-refractivity contribution in [2.45, 2.75) is 25.9 Å². The van der Waals surface area contributed by atoms with Gasteiger partial charge in [0.2, 0.25) is 11.8 Å². The van der Waals surface area contributed by atoms with E-state index < -0.39 is 11.9 Å². The highest BCUT2D eigenvalue weighted by Gasteiger charge is 2.33. The molecular weight excluding hydrogens is 290 g/mol. The van der Waals surface area contributed by atoms with Crippen LogP contribution in [0.25, 0.3) is 0 Å². The summed E-state index contributed by atoms with van der Waals surface area (Å²) in [6.45, 7) is 1.67. The van der Waals surface area contributed by atoms with Gasteiger partial charge in [0.25, 0.3) is 5.91 Å². The molecule has 2 rings (SSSR count). The van der Waals surface area contributed by atoms with Gasteiger partial charge in [-0.15, -0.1) is 0 Å². The molecule has 112 valence electrons. The van der Waals surface area contributed by atoms with E-state index in [0.717, 1.165) is 11.1 Å². The Kier molecular flexibility index (Phi) is 4.85. The van der Waals surface area contributed by atoms with Gasteiger partial charge < -0.3 is 4.90 Å². The van der Waals surface area contributed by atoms with Gasteiger partial charge in [-0.25, -0.2) is 0 Å². The molecule has 0 saturated heterocycles. The van der Waals surface area contributed by atoms with Crippen LogP contribution < -0.4 is 10.9 Å². The first-order valence-electron chi connectivity index (χ1n) is 6.56. The Morgan fingerprint density at radius 2 is 1.90 bits per heavy atom. The number of fused-ring (bicyclic) bond motifs is 1. The molecule has 0 bridgehead atoms. The van der Waals surface area contributed by atoms with E-state index >= 15 is 0 Å². The third-order valence-electron chi connectivity index (χ3n) is 3.37. The van der Waals surface area contributed by atoms with Gasteiger partial charge in [-0.3, -0.25) is 25.2 Å². The Morgan fingerprint density at radius 1 is 1.24 bits per heavy atom. The van der Waals surface area contributed by atoms with Crippen molar-refractivity contribution in [2.75, 3.05) is 5.75 Å². The Labute approximate surface area is 128 Å². The van der Waals surface area contributed by atoms with Gasteiger partial charge in [-0.1, -0.05) is 24.3 Å². The van der Waals surface area contributed by atoms with E-state index in [1.165, 1.54) is 11.8 Å². The summed E-state index contributed by atoms with van der Waals surface area (Å²) >= 11 is 4.00. The van der Waals surface area contributed by atoms with Crippen molar-refractivity contribution >= 4 is 30.4 Å². The van der Waals surface area contributed by atoms with Crippen LogP contribution in [0.3, 0.4) is 0 Å². The molecule has 1 aromatic carbocycles. The lowest BCUT2D eigenvalue weighted by atomic mass is 9.93. The van der Waals surface area contributed by atoms with Crippen LogP contribution in [0, 0.1) is 0 Å². The number of nitrogens with zero attached hydrogens (tertiary/aromatic N) is 1. The molecule has 0 fully saturated rings. The number of nitrogens with one attached hydrogen (secondary N) is 2. The van der Waals surface area contributed by atoms with Gasteiger partial charge in [0, 0.05) is 19.9 Å². The van der Waals surface area contributed by atoms with Crippen LogP contribution in [0.2, 0.25) is 0 Å². The minimum Gasteiger partial charge on any atom is -0.325 e. The second kappa shape index (κ2) is 6.62. The van der Waals surface area contributed by atoms with Crippen molar-refractivity contribution in [3.8, 4) is 0 Å². The summed E-state index contributed by atoms with van der Waals surface area (Å²) in [7, 11) is 0. The lowest BCUT2D eigenvalue weighted by Crippen LogP contribution is -2.56. The molecular formula is C14H17N3O3S. The fourth-order valence-electron chi connectivity index (χ4n) is 2.34. The lowest BCUT2D eigenvalue weighted by Gasteiger charge is -2.35. The van der Waals surface area contributed by atoms with E-state index in [2.05, 4.69) is 23.5 Å². The van der Waals surface area contributed by atoms with Gasteiger partial charge >= 0.3 is 0 Å². The highest BCUT2D eigenvalue weighted by atomic mass is 32.1. The van der Waals surface area contributed by atoms with Crippen molar-refractivity contribution in [3.63, 3.8) is 0 Å². The predicted octanol–water partition coefficient (Wildman–Crippen LogP) is 0.0370. The van der Waals surface area contributed by atoms with Crippen molar-refractivity contribution in [2.24, 2.45) is 0 Å². The molecule has 21 heavy (non-hydrogen) atoms. The average molecular weight is 307 g/mol. The number of carbonyl (C=O) groups excluding carboxylic acids is 3. The van der Waals surface area contributed by atoms with Crippen molar-refractivity contribution in [3.05, 3.63) is 35.4 Å². The highest BCUT2D eigenvalue weighted by molar-refractivity contribution is 7.81. The van der Waals surface area contributed by atoms with Gasteiger partial charge in [0.15, 0.2) is 0 Å². The minimum absolute atomic E-state index is 0.0338. The standard InChI is InChI=1S/C14H17N3O3S/c1-9(18)15-16-14(20)12-6-10-4-2-3-5-11(10)7-17(12)13(19)8-21/h2-5,12,21H,6-8H2,1H3,(H,15,18)(H,16,20)/t12-/m0/s1. The summed E-state index contributed by atoms with van der Waals surface area (Å²) < 4.78 is 0. The minimum atomic E-state index is -0.647. The van der Waals surface area contributed by atoms with E-state index in [0.29, 0.717) is 13.0 Å². The Bertz CT molecular complexity index is 576. The molecule has 1 heterocycles. The molecule has 0 unspecified atom stereocenters. The molecule has 0 aromatic heterocycles. The Hall–Kier alpha value is -2.02. The van der Waals surface area contributed by atoms with Crippen molar-refractivity contribution in [1.29, 1.82) is 0 Å². The number of carbonyl (C=O) groups is 3. The topological polar surface area (TPSA) is 78.5 Å². The van der Waals surface area contributed by atoms with Gasteiger partial charge in [-0.05, 0) is 11.1 Å². The number of hydrazine groups is 1. The molecule has 1 aliphatic rings. The zero-order valence-corrected chi connectivity index (χ0v) is 12.5. The summed E-state index contributed by atoms with van der Waals surface area (Å²) in [6.07, 6.45) is 0.418. The molecule has 3 amide bonds. The normalized spacial score (nSPS) is 16.9. The smallest absolute Gasteiger partial charge is 0.261 e. The molecule has 0 aliphatic carbocycles. The monoisotopic (exact) mass is 307 g/mol. The van der Waals surface area contributed by atoms with Crippen LogP contribution in [0.15, 0.2) is 24.3 Å². The quantitative estimate of drug-likeness (QED) is 0.533. The first kappa shape index (κ1) is 15.4. The summed E-state index contributed by atoms with van der Waals surface area (Å²) in [5.74, 6) is -0.955. The lowest BCUT2D eigenvalue weighted by molar-refractivity contribution is -0.141. The molecule has 6 nitrogen and oxygen atoms in total. The van der Waals surface area contributed by atoms with Gasteiger partial charge in [0.05, 0.1) is 5.75 Å². The van der Waals surface area contributed by atoms with E-state index in [1.807, 2.05) is 24.3 Å². The van der Waals surface area contributed by atoms with Crippen LogP contribution in [-0.4, -0.2) is 34.4 Å². The molecule has 0 saturated carbocycles. The maximum atomic E-state index is 12.2. The number of amides is 3. The Morgan fingerprint density at radius 3 is 2.52 bits per heavy atom. The summed E-state index contributed by atoms with van der Waals surface area (Å²) in [4.78, 5) is 36.6. The fraction of sp³-hybridized carbons (Fsp3) is 0.357. The molecule has 2 N–H and O–H groups in total. The third-order valence-corrected chi connectivity index (χ3v) is 3.64. The SMILES string of the molecule is CC(=O)NNC(=O)[C@@H]1Cc2ccccc2CN1C(=O)CS. The van der Waals surface area contributed by atoms with Crippen LogP contribution in [0.4, 0.5) is 0 Å². The largest absolute Gasteiger partial charge is 0.325 e. The molecule has 7 heteroatoms. The summed E-state index contributed by atoms with van der Waals surface area (Å²) in [6, 6.07) is 7.04. The molecule has 0 spiro atoms. The molecule has 1 aliphatic heterocycles. The molecule has 1 aromatic rings. The highest BCUT2D eigenvalue weighted by Crippen LogP contribution is 2.23. The zero-order chi connectivity index (χ0) is 15.4. The van der Waals surface area contributed by atoms with Gasteiger partial charge in [-0.2, -0.15) is 12.6 Å². The first-order valence-corrected chi connectivity index (χ1v) is 7.19. The maximum absolute atomic E-state index is 12.2. The molecule has 1 atom stereocenters. The summed E-state index contributed by atoms with van der Waals surface area (Å²) in [5, 5.41) is 0. The van der Waals surface area contributed by atoms with E-state index in [9.17, 15) is 14.4 Å². The fourth-order valence-corrected chi connectivity index (χ4v) is 2.52. The molecule has 0 radical (unpaired) electrons. The van der Waals surface area contributed by atoms with Crippen LogP contribution in [0.5, 0.6) is 0 Å². The summed E-state index contributed by atoms with van der Waals surface area (Å²) in [5.41, 5.74) is 6.64. The van der Waals surface area contributed by atoms with E-state index in [1.54, 1.807) is 0 Å². The first-order chi connectivity index (χ1) is 10.0. The van der Waals surface area contributed by atoms with Crippen LogP contribution >= 0.6 is 12.6 Å². The number of hydrogen-bond donors (Lipinski definition) is 3. The maximum Gasteiger partial charge on any atom is 0.261 e. The predicted molar refractivity (Wildman–Crippen MR) is 80.3 cm³/mol. The number of rotatable bonds is 2. The van der Waals surface area contributed by atoms with Gasteiger partial charge in [0.1, 0.15) is 6.04 Å². The van der Waals surface area contributed by atoms with Crippen molar-refractivity contribution < 1.29 is 14.4 Å². The average Bonchev–Trinajstić information content (AvgIpc) is 2.50. The zero-order valence-electron chi connectivity index (χ0n) is 11.6. The van der Waals surface area contributed by atoms with Crippen LogP contribution in [-0.2, 0) is 27.3 Å².